The third-order valence-corrected chi connectivity index (χ3v) is 8.82. The summed E-state index contributed by atoms with van der Waals surface area (Å²) in [4.78, 5) is 58.8. The monoisotopic (exact) mass is 603 g/mol. The number of rotatable bonds is 5. The molecule has 0 radical (unpaired) electrons. The molecule has 1 saturated heterocycles. The summed E-state index contributed by atoms with van der Waals surface area (Å²) in [5.41, 5.74) is -1.72. The van der Waals surface area contributed by atoms with Gasteiger partial charge in [-0.15, -0.1) is 0 Å². The third-order valence-electron chi connectivity index (χ3n) is 7.86. The van der Waals surface area contributed by atoms with Crippen molar-refractivity contribution in [2.75, 3.05) is 11.3 Å². The van der Waals surface area contributed by atoms with Gasteiger partial charge in [-0.2, -0.15) is 8.42 Å². The smallest absolute Gasteiger partial charge is 0.408 e. The molecular weight excluding hydrogens is 562 g/mol. The maximum Gasteiger partial charge on any atom is 0.408 e. The molecule has 3 N–H and O–H groups in total. The molecule has 3 heterocycles. The molecule has 0 spiro atoms. The maximum atomic E-state index is 13.7. The Hall–Kier alpha value is -3.48. The first kappa shape index (κ1) is 31.5. The number of ether oxygens (including phenoxy) is 1. The Labute approximate surface area is 247 Å². The lowest BCUT2D eigenvalue weighted by atomic mass is 9.91. The minimum absolute atomic E-state index is 0.197. The highest BCUT2D eigenvalue weighted by atomic mass is 32.2. The largest absolute Gasteiger partial charge is 0.444 e. The molecule has 0 bridgehead atoms. The molecule has 12 nitrogen and oxygen atoms in total. The van der Waals surface area contributed by atoms with Crippen LogP contribution in [0.25, 0.3) is 0 Å². The highest BCUT2D eigenvalue weighted by Gasteiger charge is 2.61. The van der Waals surface area contributed by atoms with Crippen molar-refractivity contribution in [1.29, 1.82) is 0 Å². The van der Waals surface area contributed by atoms with Crippen LogP contribution in [0.15, 0.2) is 36.7 Å². The molecule has 1 saturated carbocycles. The second-order valence-electron chi connectivity index (χ2n) is 12.3. The van der Waals surface area contributed by atoms with Gasteiger partial charge in [-0.05, 0) is 77.3 Å². The SMILES string of the molecule is CC(C)(C)OC(=O)N[C@H]1CCCCC/C=C\[C@@H]2C[C@@]2(C(=O)NS(=O)(=O)Nc2ccncc2)CC(=O)[C@@H]2CCCN2C1=O. The topological polar surface area (TPSA) is 164 Å². The van der Waals surface area contributed by atoms with Gasteiger partial charge in [0.15, 0.2) is 5.78 Å². The average Bonchev–Trinajstić information content (AvgIpc) is 3.35. The van der Waals surface area contributed by atoms with Crippen LogP contribution < -0.4 is 14.8 Å². The quantitative estimate of drug-likeness (QED) is 0.432. The number of carbonyl (C=O) groups excluding carboxylic acids is 4. The van der Waals surface area contributed by atoms with E-state index < -0.39 is 45.3 Å². The molecular formula is C29H41N5O7S. The van der Waals surface area contributed by atoms with E-state index >= 15 is 0 Å². The molecule has 2 fully saturated rings. The van der Waals surface area contributed by atoms with E-state index in [4.69, 9.17) is 4.74 Å². The Kier molecular flexibility index (Phi) is 9.59. The van der Waals surface area contributed by atoms with Crippen LogP contribution in [0.4, 0.5) is 10.5 Å². The van der Waals surface area contributed by atoms with E-state index in [-0.39, 0.29) is 29.7 Å². The predicted octanol–water partition coefficient (Wildman–Crippen LogP) is 3.22. The van der Waals surface area contributed by atoms with E-state index in [0.717, 1.165) is 19.3 Å². The molecule has 3 aliphatic rings. The highest BCUT2D eigenvalue weighted by molar-refractivity contribution is 7.91. The van der Waals surface area contributed by atoms with Crippen LogP contribution in [0.5, 0.6) is 0 Å². The van der Waals surface area contributed by atoms with E-state index in [1.807, 2.05) is 12.2 Å². The fourth-order valence-electron chi connectivity index (χ4n) is 5.70. The van der Waals surface area contributed by atoms with Crippen molar-refractivity contribution in [3.63, 3.8) is 0 Å². The molecule has 4 atom stereocenters. The van der Waals surface area contributed by atoms with Gasteiger partial charge >= 0.3 is 16.3 Å². The van der Waals surface area contributed by atoms with Crippen molar-refractivity contribution in [2.45, 2.75) is 96.2 Å². The summed E-state index contributed by atoms with van der Waals surface area (Å²) in [6.07, 6.45) is 10.7. The van der Waals surface area contributed by atoms with Crippen LogP contribution in [0.3, 0.4) is 0 Å². The van der Waals surface area contributed by atoms with Crippen molar-refractivity contribution in [3.8, 4) is 0 Å². The van der Waals surface area contributed by atoms with Gasteiger partial charge in [0.1, 0.15) is 11.6 Å². The van der Waals surface area contributed by atoms with E-state index in [9.17, 15) is 27.6 Å². The molecule has 0 aromatic carbocycles. The Morgan fingerprint density at radius 3 is 2.52 bits per heavy atom. The number of ketones is 1. The third kappa shape index (κ3) is 8.08. The number of alkyl carbamates (subject to hydrolysis) is 1. The van der Waals surface area contributed by atoms with Crippen molar-refractivity contribution in [1.82, 2.24) is 19.9 Å². The second-order valence-corrected chi connectivity index (χ2v) is 13.8. The maximum absolute atomic E-state index is 13.7. The first-order valence-electron chi connectivity index (χ1n) is 14.5. The van der Waals surface area contributed by atoms with Crippen LogP contribution in [0.2, 0.25) is 0 Å². The number of aromatic nitrogens is 1. The summed E-state index contributed by atoms with van der Waals surface area (Å²) in [5.74, 6) is -1.69. The van der Waals surface area contributed by atoms with Crippen molar-refractivity contribution in [3.05, 3.63) is 36.7 Å². The zero-order valence-corrected chi connectivity index (χ0v) is 25.2. The first-order valence-corrected chi connectivity index (χ1v) is 16.0. The number of Topliss-reactive ketones (excluding diaryl/α,β-unsaturated/α-hetero) is 1. The lowest BCUT2D eigenvalue weighted by molar-refractivity contribution is -0.140. The Morgan fingerprint density at radius 1 is 1.07 bits per heavy atom. The van der Waals surface area contributed by atoms with Gasteiger partial charge in [0.2, 0.25) is 11.8 Å². The number of anilines is 1. The number of hydrogen-bond donors (Lipinski definition) is 3. The lowest BCUT2D eigenvalue weighted by Crippen LogP contribution is -2.53. The van der Waals surface area contributed by atoms with Crippen LogP contribution in [0, 0.1) is 11.3 Å². The minimum atomic E-state index is -4.27. The normalized spacial score (nSPS) is 27.9. The Morgan fingerprint density at radius 2 is 1.81 bits per heavy atom. The minimum Gasteiger partial charge on any atom is -0.444 e. The van der Waals surface area contributed by atoms with E-state index in [2.05, 4.69) is 19.7 Å². The molecule has 42 heavy (non-hydrogen) atoms. The zero-order valence-electron chi connectivity index (χ0n) is 24.4. The van der Waals surface area contributed by atoms with Crippen LogP contribution >= 0.6 is 0 Å². The standard InChI is InChI=1S/C29H41N5O7S/c1-28(2,3)41-27(38)31-22-11-8-6-4-5-7-10-20-18-29(20,19-24(35)23-12-9-17-34(23)25(22)36)26(37)33-42(39,40)32-21-13-15-30-16-14-21/h7,10,13-16,20,22-23H,4-6,8-9,11-12,17-19H2,1-3H3,(H,30,32)(H,31,38)(H,33,37)/b10-7-/t20-,22+,23+,29-/m1/s1. The van der Waals surface area contributed by atoms with Gasteiger partial charge in [-0.3, -0.25) is 24.1 Å². The van der Waals surface area contributed by atoms with Crippen molar-refractivity contribution >= 4 is 39.6 Å². The second kappa shape index (κ2) is 12.8. The summed E-state index contributed by atoms with van der Waals surface area (Å²) in [6, 6.07) is 1.31. The van der Waals surface area contributed by atoms with Gasteiger partial charge in [-0.25, -0.2) is 9.52 Å². The van der Waals surface area contributed by atoms with Gasteiger partial charge in [0.25, 0.3) is 0 Å². The summed E-state index contributed by atoms with van der Waals surface area (Å²) in [7, 11) is -4.27. The highest BCUT2D eigenvalue weighted by Crippen LogP contribution is 2.57. The van der Waals surface area contributed by atoms with Crippen LogP contribution in [-0.4, -0.2) is 66.2 Å². The fraction of sp³-hybridized carbons (Fsp3) is 0.621. The number of nitrogens with zero attached hydrogens (tertiary/aromatic N) is 2. The molecule has 1 aromatic heterocycles. The van der Waals surface area contributed by atoms with Crippen LogP contribution in [-0.2, 0) is 29.3 Å². The molecule has 0 unspecified atom stereocenters. The summed E-state index contributed by atoms with van der Waals surface area (Å²) in [6.45, 7) is 5.58. The molecule has 1 aliphatic carbocycles. The average molecular weight is 604 g/mol. The Balaban J connectivity index is 1.53. The van der Waals surface area contributed by atoms with Crippen molar-refractivity contribution in [2.24, 2.45) is 11.3 Å². The van der Waals surface area contributed by atoms with Gasteiger partial charge in [-0.1, -0.05) is 25.0 Å². The fourth-order valence-corrected chi connectivity index (χ4v) is 6.65. The van der Waals surface area contributed by atoms with Gasteiger partial charge in [0, 0.05) is 25.4 Å². The molecule has 4 rings (SSSR count). The summed E-state index contributed by atoms with van der Waals surface area (Å²) in [5, 5.41) is 2.71. The van der Waals surface area contributed by atoms with Crippen LogP contribution in [0.1, 0.15) is 78.6 Å². The Bertz CT molecular complexity index is 1310. The van der Waals surface area contributed by atoms with E-state index in [1.165, 1.54) is 29.4 Å². The molecule has 2 aliphatic heterocycles. The number of allylic oxidation sites excluding steroid dienone is 2. The number of pyridine rings is 1. The molecule has 230 valence electrons. The molecule has 13 heteroatoms. The zero-order chi connectivity index (χ0) is 30.5. The van der Waals surface area contributed by atoms with Gasteiger partial charge < -0.3 is 15.0 Å². The van der Waals surface area contributed by atoms with E-state index in [0.29, 0.717) is 38.6 Å². The van der Waals surface area contributed by atoms with E-state index in [1.54, 1.807) is 20.8 Å². The number of fused-ring (bicyclic) bond motifs is 2. The molecule has 3 amide bonds. The number of amides is 3. The number of hydrogen-bond acceptors (Lipinski definition) is 8. The van der Waals surface area contributed by atoms with Gasteiger partial charge in [0.05, 0.1) is 17.1 Å². The number of nitrogens with one attached hydrogen (secondary N) is 3. The number of carbonyl (C=O) groups is 4. The predicted molar refractivity (Wildman–Crippen MR) is 155 cm³/mol. The first-order chi connectivity index (χ1) is 19.8. The molecule has 1 aromatic rings. The lowest BCUT2D eigenvalue weighted by Gasteiger charge is -2.30. The van der Waals surface area contributed by atoms with Crippen molar-refractivity contribution < 1.29 is 32.3 Å². The summed E-state index contributed by atoms with van der Waals surface area (Å²) < 4.78 is 35.3. The summed E-state index contributed by atoms with van der Waals surface area (Å²) >= 11 is 0.